The molecule has 0 fully saturated rings. The van der Waals surface area contributed by atoms with Crippen molar-refractivity contribution >= 4 is 11.9 Å². The van der Waals surface area contributed by atoms with Crippen LogP contribution in [0.5, 0.6) is 11.5 Å². The first-order chi connectivity index (χ1) is 16.5. The first-order valence-electron chi connectivity index (χ1n) is 11.1. The Balaban J connectivity index is 1.72. The zero-order chi connectivity index (χ0) is 23.9. The lowest BCUT2D eigenvalue weighted by atomic mass is 9.80. The molecule has 34 heavy (non-hydrogen) atoms. The number of amides is 1. The van der Waals surface area contributed by atoms with E-state index in [-0.39, 0.29) is 11.9 Å². The van der Waals surface area contributed by atoms with Gasteiger partial charge in [0.1, 0.15) is 11.5 Å². The molecular formula is C27H24N4O3. The van der Waals surface area contributed by atoms with Crippen molar-refractivity contribution in [3.8, 4) is 28.7 Å². The fourth-order valence-electron chi connectivity index (χ4n) is 4.67. The smallest absolute Gasteiger partial charge is 0.266 e. The van der Waals surface area contributed by atoms with Crippen LogP contribution in [0.4, 0.5) is 0 Å². The average Bonchev–Trinajstić information content (AvgIpc) is 3.12. The molecule has 0 aliphatic carbocycles. The largest absolute Gasteiger partial charge is 0.497 e. The molecule has 3 aromatic rings. The number of nitrogens with two attached hydrogens (primary N) is 1. The second-order valence-electron chi connectivity index (χ2n) is 8.42. The van der Waals surface area contributed by atoms with Gasteiger partial charge in [-0.1, -0.05) is 24.3 Å². The summed E-state index contributed by atoms with van der Waals surface area (Å²) in [6.45, 7) is 0.689. The second kappa shape index (κ2) is 8.23. The molecule has 2 N–H and O–H groups in total. The van der Waals surface area contributed by atoms with Crippen molar-refractivity contribution < 1.29 is 14.3 Å². The van der Waals surface area contributed by atoms with Gasteiger partial charge in [0.05, 0.1) is 25.3 Å². The monoisotopic (exact) mass is 452 g/mol. The summed E-state index contributed by atoms with van der Waals surface area (Å²) in [4.78, 5) is 19.8. The Morgan fingerprint density at radius 3 is 2.71 bits per heavy atom. The van der Waals surface area contributed by atoms with Gasteiger partial charge in [0, 0.05) is 12.6 Å². The van der Waals surface area contributed by atoms with Crippen molar-refractivity contribution in [1.29, 1.82) is 5.26 Å². The van der Waals surface area contributed by atoms with Crippen LogP contribution in [0.25, 0.3) is 11.1 Å². The minimum atomic E-state index is -1.33. The highest BCUT2D eigenvalue weighted by Crippen LogP contribution is 2.42. The quantitative estimate of drug-likeness (QED) is 0.652. The predicted octanol–water partition coefficient (Wildman–Crippen LogP) is 3.59. The average molecular weight is 453 g/mol. The maximum Gasteiger partial charge on any atom is 0.266 e. The number of benzene rings is 3. The minimum Gasteiger partial charge on any atom is -0.497 e. The SMILES string of the molecule is COc1ccc(C#N)c(-c2cccc(C3(c4ccc5c(c4)CCCO5)N=C(N)N(C)C3=O)c2)c1. The Hall–Kier alpha value is -4.31. The van der Waals surface area contributed by atoms with Crippen LogP contribution in [0.1, 0.15) is 28.7 Å². The fraction of sp³-hybridized carbons (Fsp3) is 0.222. The lowest BCUT2D eigenvalue weighted by Gasteiger charge is -2.28. The van der Waals surface area contributed by atoms with Gasteiger partial charge in [-0.25, -0.2) is 4.99 Å². The van der Waals surface area contributed by atoms with Gasteiger partial charge in [0.15, 0.2) is 11.5 Å². The number of likely N-dealkylation sites (N-methyl/N-ethyl adjacent to an activating group) is 1. The third-order valence-corrected chi connectivity index (χ3v) is 6.50. The Morgan fingerprint density at radius 2 is 1.97 bits per heavy atom. The van der Waals surface area contributed by atoms with Gasteiger partial charge in [-0.2, -0.15) is 5.26 Å². The molecule has 3 aromatic carbocycles. The number of aliphatic imine (C=N–C) groups is 1. The van der Waals surface area contributed by atoms with Crippen LogP contribution in [0.15, 0.2) is 65.7 Å². The third-order valence-electron chi connectivity index (χ3n) is 6.50. The van der Waals surface area contributed by atoms with Crippen molar-refractivity contribution in [2.45, 2.75) is 18.4 Å². The lowest BCUT2D eigenvalue weighted by molar-refractivity contribution is -0.129. The molecule has 7 nitrogen and oxygen atoms in total. The number of aryl methyl sites for hydroxylation is 1. The molecular weight excluding hydrogens is 428 g/mol. The highest BCUT2D eigenvalue weighted by Gasteiger charge is 2.49. The number of nitriles is 1. The van der Waals surface area contributed by atoms with Crippen LogP contribution in [-0.2, 0) is 16.8 Å². The summed E-state index contributed by atoms with van der Waals surface area (Å²) in [6.07, 6.45) is 1.79. The molecule has 170 valence electrons. The van der Waals surface area contributed by atoms with E-state index in [4.69, 9.17) is 20.2 Å². The van der Waals surface area contributed by atoms with E-state index >= 15 is 0 Å². The van der Waals surface area contributed by atoms with Gasteiger partial charge < -0.3 is 15.2 Å². The normalized spacial score (nSPS) is 19.1. The number of carbonyl (C=O) groups is 1. The van der Waals surface area contributed by atoms with Gasteiger partial charge in [-0.15, -0.1) is 0 Å². The topological polar surface area (TPSA) is 101 Å². The van der Waals surface area contributed by atoms with E-state index in [2.05, 4.69) is 6.07 Å². The maximum atomic E-state index is 13.7. The molecule has 2 aliphatic heterocycles. The standard InChI is InChI=1S/C27H24N4O3/c1-31-25(32)27(30-26(31)29,21-9-11-24-18(14-21)6-4-12-34-24)20-7-3-5-17(13-20)23-15-22(33-2)10-8-19(23)16-28/h3,5,7-11,13-15H,4,6,12H2,1-2H3,(H2,29,30). The fourth-order valence-corrected chi connectivity index (χ4v) is 4.67. The van der Waals surface area contributed by atoms with E-state index in [1.54, 1.807) is 26.3 Å². The summed E-state index contributed by atoms with van der Waals surface area (Å²) >= 11 is 0. The van der Waals surface area contributed by atoms with Crippen LogP contribution >= 0.6 is 0 Å². The summed E-state index contributed by atoms with van der Waals surface area (Å²) < 4.78 is 11.1. The summed E-state index contributed by atoms with van der Waals surface area (Å²) in [5, 5.41) is 9.68. The zero-order valence-electron chi connectivity index (χ0n) is 19.0. The first kappa shape index (κ1) is 21.5. The highest BCUT2D eigenvalue weighted by atomic mass is 16.5. The number of rotatable bonds is 4. The number of nitrogens with zero attached hydrogens (tertiary/aromatic N) is 3. The molecule has 0 spiro atoms. The Kier molecular flexibility index (Phi) is 5.21. The van der Waals surface area contributed by atoms with Crippen molar-refractivity contribution in [1.82, 2.24) is 4.90 Å². The van der Waals surface area contributed by atoms with Crippen LogP contribution in [0.3, 0.4) is 0 Å². The first-order valence-corrected chi connectivity index (χ1v) is 11.1. The Morgan fingerprint density at radius 1 is 1.15 bits per heavy atom. The van der Waals surface area contributed by atoms with Crippen LogP contribution in [-0.4, -0.2) is 37.5 Å². The van der Waals surface area contributed by atoms with Crippen LogP contribution < -0.4 is 15.2 Å². The van der Waals surface area contributed by atoms with E-state index in [0.717, 1.165) is 35.3 Å². The molecule has 5 rings (SSSR count). The number of carbonyl (C=O) groups excluding carboxylic acids is 1. The molecule has 2 aliphatic rings. The van der Waals surface area contributed by atoms with Gasteiger partial charge in [0.25, 0.3) is 5.91 Å². The van der Waals surface area contributed by atoms with Crippen molar-refractivity contribution in [2.24, 2.45) is 10.7 Å². The van der Waals surface area contributed by atoms with Crippen molar-refractivity contribution in [3.05, 3.63) is 82.9 Å². The molecule has 2 heterocycles. The van der Waals surface area contributed by atoms with Crippen LogP contribution in [0, 0.1) is 11.3 Å². The van der Waals surface area contributed by atoms with Crippen molar-refractivity contribution in [3.63, 3.8) is 0 Å². The van der Waals surface area contributed by atoms with Gasteiger partial charge >= 0.3 is 0 Å². The Labute approximate surface area is 198 Å². The summed E-state index contributed by atoms with van der Waals surface area (Å²) in [6, 6.07) is 20.9. The number of methoxy groups -OCH3 is 1. The van der Waals surface area contributed by atoms with E-state index in [9.17, 15) is 10.1 Å². The predicted molar refractivity (Wildman–Crippen MR) is 129 cm³/mol. The third kappa shape index (κ3) is 3.27. The second-order valence-corrected chi connectivity index (χ2v) is 8.42. The minimum absolute atomic E-state index is 0.156. The summed E-state index contributed by atoms with van der Waals surface area (Å²) in [5.41, 5.74) is 9.30. The molecule has 7 heteroatoms. The number of hydrogen-bond donors (Lipinski definition) is 1. The number of hydrogen-bond acceptors (Lipinski definition) is 6. The van der Waals surface area contributed by atoms with Crippen LogP contribution in [0.2, 0.25) is 0 Å². The lowest BCUT2D eigenvalue weighted by Crippen LogP contribution is -2.41. The van der Waals surface area contributed by atoms with Crippen molar-refractivity contribution in [2.75, 3.05) is 20.8 Å². The number of fused-ring (bicyclic) bond motifs is 1. The number of ether oxygens (including phenoxy) is 2. The zero-order valence-corrected chi connectivity index (χ0v) is 19.0. The van der Waals surface area contributed by atoms with E-state index < -0.39 is 5.54 Å². The molecule has 1 amide bonds. The van der Waals surface area contributed by atoms with Gasteiger partial charge in [-0.3, -0.25) is 9.69 Å². The van der Waals surface area contributed by atoms with E-state index in [1.165, 1.54) is 4.90 Å². The maximum absolute atomic E-state index is 13.7. The highest BCUT2D eigenvalue weighted by molar-refractivity contribution is 6.09. The molecule has 0 saturated carbocycles. The summed E-state index contributed by atoms with van der Waals surface area (Å²) in [7, 11) is 3.21. The molecule has 0 aromatic heterocycles. The molecule has 1 atom stereocenters. The molecule has 1 unspecified atom stereocenters. The Bertz CT molecular complexity index is 1370. The summed E-state index contributed by atoms with van der Waals surface area (Å²) in [5.74, 6) is 1.40. The van der Waals surface area contributed by atoms with E-state index in [0.29, 0.717) is 29.0 Å². The van der Waals surface area contributed by atoms with Gasteiger partial charge in [-0.05, 0) is 71.5 Å². The number of guanidine groups is 1. The molecule has 0 bridgehead atoms. The molecule has 0 radical (unpaired) electrons. The van der Waals surface area contributed by atoms with E-state index in [1.807, 2.05) is 48.5 Å². The molecule has 0 saturated heterocycles. The van der Waals surface area contributed by atoms with Gasteiger partial charge in [0.2, 0.25) is 0 Å².